The van der Waals surface area contributed by atoms with Crippen molar-refractivity contribution < 1.29 is 9.59 Å². The van der Waals surface area contributed by atoms with Gasteiger partial charge in [-0.3, -0.25) is 14.5 Å². The van der Waals surface area contributed by atoms with Gasteiger partial charge in [-0.1, -0.05) is 23.3 Å². The Hall–Kier alpha value is -1.62. The maximum absolute atomic E-state index is 12.5. The molecule has 0 aromatic rings. The van der Waals surface area contributed by atoms with E-state index in [1.807, 2.05) is 4.90 Å². The number of carbonyl (C=O) groups is 2. The van der Waals surface area contributed by atoms with Crippen molar-refractivity contribution in [2.24, 2.45) is 5.92 Å². The van der Waals surface area contributed by atoms with E-state index in [1.165, 1.54) is 11.1 Å². The average molecular weight is 348 g/mol. The van der Waals surface area contributed by atoms with Gasteiger partial charge in [-0.2, -0.15) is 0 Å². The average Bonchev–Trinajstić information content (AvgIpc) is 2.86. The highest BCUT2D eigenvalue weighted by molar-refractivity contribution is 5.89. The zero-order valence-corrected chi connectivity index (χ0v) is 16.0. The summed E-state index contributed by atoms with van der Waals surface area (Å²) in [5.41, 5.74) is 2.81. The van der Waals surface area contributed by atoms with Crippen molar-refractivity contribution in [3.8, 4) is 0 Å². The summed E-state index contributed by atoms with van der Waals surface area (Å²) < 4.78 is 0. The lowest BCUT2D eigenvalue weighted by molar-refractivity contribution is -0.135. The highest BCUT2D eigenvalue weighted by atomic mass is 16.2. The van der Waals surface area contributed by atoms with Gasteiger partial charge in [-0.15, -0.1) is 0 Å². The van der Waals surface area contributed by atoms with Crippen molar-refractivity contribution in [1.29, 1.82) is 0 Å². The van der Waals surface area contributed by atoms with Crippen LogP contribution in [0.1, 0.15) is 46.5 Å². The van der Waals surface area contributed by atoms with Crippen LogP contribution in [0.3, 0.4) is 0 Å². The third-order valence-electron chi connectivity index (χ3n) is 5.02. The summed E-state index contributed by atoms with van der Waals surface area (Å²) in [6.45, 7) is 11.5. The molecule has 25 heavy (non-hydrogen) atoms. The minimum absolute atomic E-state index is 0.00326. The first-order chi connectivity index (χ1) is 12.0. The Kier molecular flexibility index (Phi) is 7.69. The van der Waals surface area contributed by atoms with Crippen LogP contribution in [-0.4, -0.2) is 60.9 Å². The molecule has 0 aromatic carbocycles. The minimum atomic E-state index is -0.156. The van der Waals surface area contributed by atoms with Crippen LogP contribution in [0.5, 0.6) is 0 Å². The van der Waals surface area contributed by atoms with Gasteiger partial charge < -0.3 is 10.2 Å². The molecule has 2 heterocycles. The Balaban J connectivity index is 1.76. The maximum Gasteiger partial charge on any atom is 0.228 e. The molecule has 0 saturated carbocycles. The molecule has 0 spiro atoms. The molecule has 0 aromatic heterocycles. The Morgan fingerprint density at radius 1 is 1.16 bits per heavy atom. The first-order valence-corrected chi connectivity index (χ1v) is 9.52. The molecule has 2 amide bonds. The van der Waals surface area contributed by atoms with Crippen LogP contribution in [0, 0.1) is 5.92 Å². The van der Waals surface area contributed by atoms with Crippen LogP contribution in [0.4, 0.5) is 0 Å². The van der Waals surface area contributed by atoms with E-state index >= 15 is 0 Å². The van der Waals surface area contributed by atoms with Crippen LogP contribution in [0.2, 0.25) is 0 Å². The molecule has 2 saturated heterocycles. The van der Waals surface area contributed by atoms with Crippen molar-refractivity contribution in [1.82, 2.24) is 15.1 Å². The molecular weight excluding hydrogens is 314 g/mol. The van der Waals surface area contributed by atoms with Crippen LogP contribution >= 0.6 is 0 Å². The topological polar surface area (TPSA) is 52.6 Å². The fourth-order valence-corrected chi connectivity index (χ4v) is 3.39. The summed E-state index contributed by atoms with van der Waals surface area (Å²) in [5.74, 6) is -0.00608. The van der Waals surface area contributed by atoms with Crippen molar-refractivity contribution in [3.63, 3.8) is 0 Å². The number of amides is 2. The second-order valence-corrected chi connectivity index (χ2v) is 7.56. The molecule has 0 bridgehead atoms. The molecule has 5 nitrogen and oxygen atoms in total. The Morgan fingerprint density at radius 3 is 2.64 bits per heavy atom. The summed E-state index contributed by atoms with van der Waals surface area (Å²) in [7, 11) is 0. The largest absolute Gasteiger partial charge is 0.355 e. The summed E-state index contributed by atoms with van der Waals surface area (Å²) >= 11 is 0. The standard InChI is InChI=1S/C20H33N3O2/c1-16(2)6-4-7-17(3)8-11-22-9-5-10-23(13-12-22)20(25)18-14-19(24)21-15-18/h6,8,18H,4-5,7,9-15H2,1-3H3,(H,21,24)/b17-8+. The highest BCUT2D eigenvalue weighted by Gasteiger charge is 2.31. The van der Waals surface area contributed by atoms with Gasteiger partial charge in [0.25, 0.3) is 0 Å². The third-order valence-corrected chi connectivity index (χ3v) is 5.02. The van der Waals surface area contributed by atoms with Crippen LogP contribution in [-0.2, 0) is 9.59 Å². The van der Waals surface area contributed by atoms with E-state index in [4.69, 9.17) is 0 Å². The number of nitrogens with one attached hydrogen (secondary N) is 1. The van der Waals surface area contributed by atoms with E-state index < -0.39 is 0 Å². The number of allylic oxidation sites excluding steroid dienone is 3. The zero-order valence-electron chi connectivity index (χ0n) is 16.0. The third kappa shape index (κ3) is 6.65. The number of rotatable bonds is 6. The van der Waals surface area contributed by atoms with Crippen molar-refractivity contribution in [2.45, 2.75) is 46.5 Å². The van der Waals surface area contributed by atoms with Gasteiger partial charge >= 0.3 is 0 Å². The van der Waals surface area contributed by atoms with Gasteiger partial charge in [0.1, 0.15) is 0 Å². The van der Waals surface area contributed by atoms with Crippen molar-refractivity contribution in [2.75, 3.05) is 39.3 Å². The first-order valence-electron chi connectivity index (χ1n) is 9.52. The van der Waals surface area contributed by atoms with E-state index in [9.17, 15) is 9.59 Å². The van der Waals surface area contributed by atoms with E-state index in [1.54, 1.807) is 0 Å². The van der Waals surface area contributed by atoms with Gasteiger partial charge in [0.2, 0.25) is 11.8 Å². The summed E-state index contributed by atoms with van der Waals surface area (Å²) in [4.78, 5) is 28.2. The molecule has 1 unspecified atom stereocenters. The van der Waals surface area contributed by atoms with Gasteiger partial charge in [0.15, 0.2) is 0 Å². The Bertz CT molecular complexity index is 535. The van der Waals surface area contributed by atoms with E-state index in [-0.39, 0.29) is 17.7 Å². The van der Waals surface area contributed by atoms with Crippen molar-refractivity contribution in [3.05, 3.63) is 23.3 Å². The number of carbonyl (C=O) groups excluding carboxylic acids is 2. The van der Waals surface area contributed by atoms with Gasteiger partial charge in [0, 0.05) is 45.7 Å². The molecular formula is C20H33N3O2. The van der Waals surface area contributed by atoms with Gasteiger partial charge in [-0.05, 0) is 40.0 Å². The lowest BCUT2D eigenvalue weighted by Gasteiger charge is -2.23. The molecule has 1 atom stereocenters. The molecule has 2 aliphatic heterocycles. The number of hydrogen-bond donors (Lipinski definition) is 1. The second kappa shape index (κ2) is 9.76. The molecule has 2 aliphatic rings. The monoisotopic (exact) mass is 347 g/mol. The fourth-order valence-electron chi connectivity index (χ4n) is 3.39. The van der Waals surface area contributed by atoms with Crippen LogP contribution in [0.25, 0.3) is 0 Å². The first kappa shape index (κ1) is 19.7. The SMILES string of the molecule is CC(C)=CCC/C(C)=C/CN1CCCN(C(=O)C2CNC(=O)C2)CC1. The Labute approximate surface area is 152 Å². The van der Waals surface area contributed by atoms with Gasteiger partial charge in [-0.25, -0.2) is 0 Å². The molecule has 1 N–H and O–H groups in total. The molecule has 2 rings (SSSR count). The smallest absolute Gasteiger partial charge is 0.228 e. The predicted molar refractivity (Wildman–Crippen MR) is 101 cm³/mol. The van der Waals surface area contributed by atoms with E-state index in [2.05, 4.69) is 43.1 Å². The quantitative estimate of drug-likeness (QED) is 0.751. The molecule has 0 aliphatic carbocycles. The highest BCUT2D eigenvalue weighted by Crippen LogP contribution is 2.15. The number of nitrogens with zero attached hydrogens (tertiary/aromatic N) is 2. The summed E-state index contributed by atoms with van der Waals surface area (Å²) in [6.07, 6.45) is 8.20. The van der Waals surface area contributed by atoms with Crippen LogP contribution in [0.15, 0.2) is 23.3 Å². The van der Waals surface area contributed by atoms with Crippen molar-refractivity contribution >= 4 is 11.8 Å². The Morgan fingerprint density at radius 2 is 1.96 bits per heavy atom. The molecule has 140 valence electrons. The summed E-state index contributed by atoms with van der Waals surface area (Å²) in [6, 6.07) is 0. The van der Waals surface area contributed by atoms with Gasteiger partial charge in [0.05, 0.1) is 5.92 Å². The lowest BCUT2D eigenvalue weighted by Crippen LogP contribution is -2.39. The molecule has 5 heteroatoms. The van der Waals surface area contributed by atoms with E-state index in [0.717, 1.165) is 52.0 Å². The number of hydrogen-bond acceptors (Lipinski definition) is 3. The normalized spacial score (nSPS) is 22.5. The zero-order chi connectivity index (χ0) is 18.2. The maximum atomic E-state index is 12.5. The molecule has 2 fully saturated rings. The minimum Gasteiger partial charge on any atom is -0.355 e. The van der Waals surface area contributed by atoms with Crippen LogP contribution < -0.4 is 5.32 Å². The van der Waals surface area contributed by atoms with E-state index in [0.29, 0.717) is 13.0 Å². The summed E-state index contributed by atoms with van der Waals surface area (Å²) in [5, 5.41) is 2.76. The second-order valence-electron chi connectivity index (χ2n) is 7.56. The molecule has 0 radical (unpaired) electrons. The predicted octanol–water partition coefficient (Wildman–Crippen LogP) is 2.35. The fraction of sp³-hybridized carbons (Fsp3) is 0.700. The lowest BCUT2D eigenvalue weighted by atomic mass is 10.1.